The summed E-state index contributed by atoms with van der Waals surface area (Å²) < 4.78 is 10.0. The summed E-state index contributed by atoms with van der Waals surface area (Å²) in [7, 11) is 2.85. The number of hydrogen-bond donors (Lipinski definition) is 5. The van der Waals surface area contributed by atoms with Gasteiger partial charge < -0.3 is 35.6 Å². The molecule has 0 saturated carbocycles. The van der Waals surface area contributed by atoms with E-state index in [2.05, 4.69) is 16.0 Å². The molecule has 176 valence electrons. The minimum atomic E-state index is -1.27. The number of rotatable bonds is 5. The van der Waals surface area contributed by atoms with Crippen LogP contribution < -0.4 is 16.0 Å². The molecule has 0 bridgehead atoms. The lowest BCUT2D eigenvalue weighted by Gasteiger charge is -2.24. The van der Waals surface area contributed by atoms with Crippen LogP contribution in [0.4, 0.5) is 0 Å². The fraction of sp³-hybridized carbons (Fsp3) is 0.500. The molecule has 32 heavy (non-hydrogen) atoms. The topological polar surface area (TPSA) is 163 Å². The molecule has 0 radical (unpaired) electrons. The standard InChI is InChI=1S/C20H27N3O8S/c1-10-14(24)6-15(25)11-8-32-9-13(19(28)30-3)23-18(27)12(7-31-20(29)17(10)11)22-16(26)4-5-21-2/h6,12-13,21,24-25H,4-5,7-9H2,1-3H3,(H,22,26)(H,23,27)/t12-,13-/m0/s1. The van der Waals surface area contributed by atoms with Gasteiger partial charge in [0.1, 0.15) is 30.2 Å². The van der Waals surface area contributed by atoms with Crippen molar-refractivity contribution >= 4 is 35.5 Å². The van der Waals surface area contributed by atoms with Crippen molar-refractivity contribution in [2.75, 3.05) is 33.1 Å². The molecule has 1 aromatic carbocycles. The summed E-state index contributed by atoms with van der Waals surface area (Å²) in [5.74, 6) is -3.15. The van der Waals surface area contributed by atoms with Crippen LogP contribution in [0.25, 0.3) is 0 Å². The number of benzene rings is 1. The third kappa shape index (κ3) is 6.26. The molecule has 1 heterocycles. The number of nitrogens with one attached hydrogen (secondary N) is 3. The summed E-state index contributed by atoms with van der Waals surface area (Å²) in [5, 5.41) is 28.1. The zero-order valence-electron chi connectivity index (χ0n) is 18.0. The van der Waals surface area contributed by atoms with Crippen molar-refractivity contribution in [3.8, 4) is 11.5 Å². The highest BCUT2D eigenvalue weighted by Crippen LogP contribution is 2.35. The second-order valence-electron chi connectivity index (χ2n) is 7.06. The summed E-state index contributed by atoms with van der Waals surface area (Å²) in [5.41, 5.74) is 0.385. The number of ether oxygens (including phenoxy) is 2. The number of methoxy groups -OCH3 is 1. The van der Waals surface area contributed by atoms with E-state index in [9.17, 15) is 29.4 Å². The number of hydrogen-bond acceptors (Lipinski definition) is 10. The molecule has 1 aromatic rings. The quantitative estimate of drug-likeness (QED) is 0.357. The Hall–Kier alpha value is -2.99. The van der Waals surface area contributed by atoms with Crippen molar-refractivity contribution in [3.63, 3.8) is 0 Å². The molecule has 2 atom stereocenters. The molecule has 0 unspecified atom stereocenters. The van der Waals surface area contributed by atoms with Crippen LogP contribution in [0.3, 0.4) is 0 Å². The van der Waals surface area contributed by atoms with Crippen LogP contribution >= 0.6 is 11.8 Å². The first kappa shape index (κ1) is 25.3. The summed E-state index contributed by atoms with van der Waals surface area (Å²) >= 11 is 1.16. The number of cyclic esters (lactones) is 1. The van der Waals surface area contributed by atoms with Crippen molar-refractivity contribution in [1.29, 1.82) is 0 Å². The predicted octanol–water partition coefficient (Wildman–Crippen LogP) is -0.438. The van der Waals surface area contributed by atoms with Crippen LogP contribution in [0.5, 0.6) is 11.5 Å². The molecule has 0 spiro atoms. The van der Waals surface area contributed by atoms with Gasteiger partial charge in [0, 0.05) is 41.7 Å². The molecule has 2 amide bonds. The van der Waals surface area contributed by atoms with E-state index in [-0.39, 0.29) is 46.1 Å². The van der Waals surface area contributed by atoms with Crippen molar-refractivity contribution in [1.82, 2.24) is 16.0 Å². The largest absolute Gasteiger partial charge is 0.508 e. The summed E-state index contributed by atoms with van der Waals surface area (Å²) in [6, 6.07) is -1.18. The number of esters is 2. The van der Waals surface area contributed by atoms with Crippen LogP contribution in [-0.4, -0.2) is 79.1 Å². The van der Waals surface area contributed by atoms with Gasteiger partial charge in [-0.2, -0.15) is 11.8 Å². The van der Waals surface area contributed by atoms with E-state index < -0.39 is 42.4 Å². The number of carbonyl (C=O) groups is 4. The molecule has 1 aliphatic rings. The molecule has 12 heteroatoms. The van der Waals surface area contributed by atoms with E-state index in [1.807, 2.05) is 0 Å². The Morgan fingerprint density at radius 3 is 2.69 bits per heavy atom. The van der Waals surface area contributed by atoms with Gasteiger partial charge in [-0.15, -0.1) is 0 Å². The highest BCUT2D eigenvalue weighted by Gasteiger charge is 2.31. The van der Waals surface area contributed by atoms with E-state index in [0.717, 1.165) is 17.8 Å². The van der Waals surface area contributed by atoms with Crippen molar-refractivity contribution in [2.24, 2.45) is 0 Å². The van der Waals surface area contributed by atoms with Crippen molar-refractivity contribution in [2.45, 2.75) is 31.2 Å². The van der Waals surface area contributed by atoms with E-state index in [1.54, 1.807) is 7.05 Å². The summed E-state index contributed by atoms with van der Waals surface area (Å²) in [4.78, 5) is 49.9. The predicted molar refractivity (Wildman–Crippen MR) is 115 cm³/mol. The average Bonchev–Trinajstić information content (AvgIpc) is 2.76. The lowest BCUT2D eigenvalue weighted by atomic mass is 10.0. The van der Waals surface area contributed by atoms with Crippen LogP contribution in [0.15, 0.2) is 6.07 Å². The maximum absolute atomic E-state index is 12.8. The Bertz CT molecular complexity index is 892. The van der Waals surface area contributed by atoms with Crippen LogP contribution in [-0.2, 0) is 29.6 Å². The third-order valence-electron chi connectivity index (χ3n) is 4.82. The van der Waals surface area contributed by atoms with Gasteiger partial charge in [0.25, 0.3) is 0 Å². The van der Waals surface area contributed by atoms with Gasteiger partial charge in [0.15, 0.2) is 0 Å². The van der Waals surface area contributed by atoms with Gasteiger partial charge in [-0.3, -0.25) is 9.59 Å². The first-order valence-electron chi connectivity index (χ1n) is 9.81. The second kappa shape index (κ2) is 11.6. The van der Waals surface area contributed by atoms with Gasteiger partial charge in [0.2, 0.25) is 11.8 Å². The Kier molecular flexibility index (Phi) is 9.14. The third-order valence-corrected chi connectivity index (χ3v) is 5.88. The van der Waals surface area contributed by atoms with Crippen LogP contribution in [0, 0.1) is 6.92 Å². The van der Waals surface area contributed by atoms with E-state index in [0.29, 0.717) is 6.54 Å². The number of phenols is 2. The molecule has 0 aliphatic carbocycles. The normalized spacial score (nSPS) is 19.5. The maximum Gasteiger partial charge on any atom is 0.339 e. The first-order chi connectivity index (χ1) is 15.2. The number of carbonyl (C=O) groups excluding carboxylic acids is 4. The Morgan fingerprint density at radius 2 is 2.03 bits per heavy atom. The summed E-state index contributed by atoms with van der Waals surface area (Å²) in [6.07, 6.45) is 0.0776. The minimum Gasteiger partial charge on any atom is -0.508 e. The molecule has 5 N–H and O–H groups in total. The molecular weight excluding hydrogens is 442 g/mol. The summed E-state index contributed by atoms with van der Waals surface area (Å²) in [6.45, 7) is 1.34. The monoisotopic (exact) mass is 469 g/mol. The molecule has 2 rings (SSSR count). The highest BCUT2D eigenvalue weighted by molar-refractivity contribution is 7.98. The number of aromatic hydroxyl groups is 2. The Morgan fingerprint density at radius 1 is 1.31 bits per heavy atom. The van der Waals surface area contributed by atoms with Gasteiger partial charge in [0.05, 0.1) is 12.7 Å². The van der Waals surface area contributed by atoms with Crippen molar-refractivity contribution in [3.05, 3.63) is 22.8 Å². The van der Waals surface area contributed by atoms with E-state index >= 15 is 0 Å². The minimum absolute atomic E-state index is 0.0362. The molecule has 0 aromatic heterocycles. The van der Waals surface area contributed by atoms with Gasteiger partial charge >= 0.3 is 11.9 Å². The lowest BCUT2D eigenvalue weighted by Crippen LogP contribution is -2.54. The average molecular weight is 470 g/mol. The molecule has 0 fully saturated rings. The van der Waals surface area contributed by atoms with Crippen LogP contribution in [0.2, 0.25) is 0 Å². The molecular formula is C20H27N3O8S. The zero-order valence-corrected chi connectivity index (χ0v) is 18.8. The molecule has 0 saturated heterocycles. The fourth-order valence-electron chi connectivity index (χ4n) is 3.01. The number of phenolic OH excluding ortho intramolecular Hbond substituents is 2. The van der Waals surface area contributed by atoms with Crippen LogP contribution in [0.1, 0.15) is 27.9 Å². The van der Waals surface area contributed by atoms with E-state index in [1.165, 1.54) is 14.0 Å². The maximum atomic E-state index is 12.8. The Labute approximate surface area is 189 Å². The Balaban J connectivity index is 2.40. The smallest absolute Gasteiger partial charge is 0.339 e. The van der Waals surface area contributed by atoms with Crippen molar-refractivity contribution < 1.29 is 38.9 Å². The lowest BCUT2D eigenvalue weighted by molar-refractivity contribution is -0.144. The van der Waals surface area contributed by atoms with Gasteiger partial charge in [-0.1, -0.05) is 0 Å². The fourth-order valence-corrected chi connectivity index (χ4v) is 4.08. The van der Waals surface area contributed by atoms with Gasteiger partial charge in [-0.05, 0) is 14.0 Å². The van der Waals surface area contributed by atoms with E-state index in [4.69, 9.17) is 9.47 Å². The van der Waals surface area contributed by atoms with Gasteiger partial charge in [-0.25, -0.2) is 9.59 Å². The highest BCUT2D eigenvalue weighted by atomic mass is 32.2. The number of amides is 2. The number of fused-ring (bicyclic) bond motifs is 1. The second-order valence-corrected chi connectivity index (χ2v) is 8.10. The zero-order chi connectivity index (χ0) is 23.8. The molecule has 1 aliphatic heterocycles. The SMILES string of the molecule is CNCCC(=O)N[C@H]1COC(=O)c2c(C)c(O)cc(O)c2CSC[C@@H](C(=O)OC)NC1=O. The molecule has 11 nitrogen and oxygen atoms in total. The number of thioether (sulfide) groups is 1. The first-order valence-corrected chi connectivity index (χ1v) is 11.0.